The number of hydrogen-bond donors (Lipinski definition) is 2. The van der Waals surface area contributed by atoms with Gasteiger partial charge in [0, 0.05) is 25.4 Å². The molecule has 0 aliphatic carbocycles. The van der Waals surface area contributed by atoms with Crippen LogP contribution >= 0.6 is 0 Å². The van der Waals surface area contributed by atoms with Crippen LogP contribution in [0.5, 0.6) is 0 Å². The third-order valence-corrected chi connectivity index (χ3v) is 4.50. The maximum Gasteiger partial charge on any atom is 0.323 e. The number of amides is 2. The SMILES string of the molecule is CN(C)CCn1ccc(NC(=O)N2CCc3ccccc3C2CO)n1. The Bertz CT molecular complexity index is 728. The van der Waals surface area contributed by atoms with Gasteiger partial charge in [0.05, 0.1) is 19.2 Å². The molecule has 0 spiro atoms. The highest BCUT2D eigenvalue weighted by atomic mass is 16.3. The average Bonchev–Trinajstić information content (AvgIpc) is 3.06. The molecule has 2 heterocycles. The van der Waals surface area contributed by atoms with Gasteiger partial charge in [-0.25, -0.2) is 4.79 Å². The Morgan fingerprint density at radius 1 is 1.36 bits per heavy atom. The summed E-state index contributed by atoms with van der Waals surface area (Å²) < 4.78 is 1.81. The van der Waals surface area contributed by atoms with Gasteiger partial charge in [-0.3, -0.25) is 10.00 Å². The van der Waals surface area contributed by atoms with E-state index in [-0.39, 0.29) is 18.7 Å². The van der Waals surface area contributed by atoms with Gasteiger partial charge in [0.25, 0.3) is 0 Å². The highest BCUT2D eigenvalue weighted by Gasteiger charge is 2.30. The summed E-state index contributed by atoms with van der Waals surface area (Å²) in [7, 11) is 4.02. The number of nitrogens with one attached hydrogen (secondary N) is 1. The minimum absolute atomic E-state index is 0.0955. The Balaban J connectivity index is 1.67. The van der Waals surface area contributed by atoms with E-state index in [1.807, 2.05) is 43.2 Å². The van der Waals surface area contributed by atoms with Gasteiger partial charge < -0.3 is 14.9 Å². The minimum atomic E-state index is -0.319. The summed E-state index contributed by atoms with van der Waals surface area (Å²) >= 11 is 0. The van der Waals surface area contributed by atoms with E-state index in [4.69, 9.17) is 0 Å². The molecule has 1 aromatic carbocycles. The van der Waals surface area contributed by atoms with Crippen LogP contribution in [0, 0.1) is 0 Å². The Labute approximate surface area is 147 Å². The van der Waals surface area contributed by atoms with Gasteiger partial charge in [0.15, 0.2) is 5.82 Å². The molecule has 0 fully saturated rings. The number of nitrogens with zero attached hydrogens (tertiary/aromatic N) is 4. The lowest BCUT2D eigenvalue weighted by Gasteiger charge is -2.36. The fraction of sp³-hybridized carbons (Fsp3) is 0.444. The van der Waals surface area contributed by atoms with E-state index in [2.05, 4.69) is 21.4 Å². The summed E-state index contributed by atoms with van der Waals surface area (Å²) in [4.78, 5) is 16.4. The maximum absolute atomic E-state index is 12.7. The summed E-state index contributed by atoms with van der Waals surface area (Å²) in [6.07, 6.45) is 2.64. The fourth-order valence-electron chi connectivity index (χ4n) is 3.13. The first-order valence-electron chi connectivity index (χ1n) is 8.53. The number of fused-ring (bicyclic) bond motifs is 1. The Hall–Kier alpha value is -2.38. The monoisotopic (exact) mass is 343 g/mol. The second-order valence-corrected chi connectivity index (χ2v) is 6.54. The lowest BCUT2D eigenvalue weighted by atomic mass is 9.93. The molecular weight excluding hydrogens is 318 g/mol. The molecule has 2 amide bonds. The predicted molar refractivity (Wildman–Crippen MR) is 96.5 cm³/mol. The molecule has 0 saturated carbocycles. The summed E-state index contributed by atoms with van der Waals surface area (Å²) in [5, 5.41) is 17.0. The van der Waals surface area contributed by atoms with Gasteiger partial charge in [-0.15, -0.1) is 0 Å². The van der Waals surface area contributed by atoms with Crippen LogP contribution in [-0.2, 0) is 13.0 Å². The highest BCUT2D eigenvalue weighted by molar-refractivity contribution is 5.88. The zero-order chi connectivity index (χ0) is 17.8. The molecule has 1 unspecified atom stereocenters. The van der Waals surface area contributed by atoms with Crippen molar-refractivity contribution in [1.82, 2.24) is 19.6 Å². The molecule has 1 aromatic heterocycles. The van der Waals surface area contributed by atoms with E-state index in [0.29, 0.717) is 12.4 Å². The van der Waals surface area contributed by atoms with E-state index in [0.717, 1.165) is 25.1 Å². The first-order chi connectivity index (χ1) is 12.1. The first kappa shape index (κ1) is 17.4. The molecule has 134 valence electrons. The molecule has 0 saturated heterocycles. The molecule has 1 atom stereocenters. The third kappa shape index (κ3) is 4.00. The Kier molecular flexibility index (Phi) is 5.35. The molecule has 0 radical (unpaired) electrons. The Morgan fingerprint density at radius 3 is 2.92 bits per heavy atom. The molecule has 1 aliphatic heterocycles. The van der Waals surface area contributed by atoms with Crippen molar-refractivity contribution < 1.29 is 9.90 Å². The lowest BCUT2D eigenvalue weighted by Crippen LogP contribution is -2.43. The Morgan fingerprint density at radius 2 is 2.16 bits per heavy atom. The van der Waals surface area contributed by atoms with Crippen molar-refractivity contribution in [3.8, 4) is 0 Å². The van der Waals surface area contributed by atoms with E-state index < -0.39 is 0 Å². The van der Waals surface area contributed by atoms with Crippen LogP contribution in [0.25, 0.3) is 0 Å². The van der Waals surface area contributed by atoms with Crippen LogP contribution in [0.2, 0.25) is 0 Å². The number of benzene rings is 1. The van der Waals surface area contributed by atoms with Crippen LogP contribution in [-0.4, -0.2) is 64.5 Å². The van der Waals surface area contributed by atoms with E-state index in [9.17, 15) is 9.90 Å². The van der Waals surface area contributed by atoms with Crippen molar-refractivity contribution in [3.05, 3.63) is 47.7 Å². The lowest BCUT2D eigenvalue weighted by molar-refractivity contribution is 0.135. The van der Waals surface area contributed by atoms with Crippen molar-refractivity contribution in [3.63, 3.8) is 0 Å². The number of likely N-dealkylation sites (N-methyl/N-ethyl adjacent to an activating group) is 1. The number of carbonyl (C=O) groups is 1. The molecule has 7 heteroatoms. The molecule has 25 heavy (non-hydrogen) atoms. The number of aliphatic hydroxyl groups excluding tert-OH is 1. The number of carbonyl (C=O) groups excluding carboxylic acids is 1. The number of urea groups is 1. The number of aliphatic hydroxyl groups is 1. The largest absolute Gasteiger partial charge is 0.394 e. The van der Waals surface area contributed by atoms with Crippen molar-refractivity contribution in [2.75, 3.05) is 39.1 Å². The van der Waals surface area contributed by atoms with Crippen LogP contribution in [0.1, 0.15) is 17.2 Å². The first-order valence-corrected chi connectivity index (χ1v) is 8.53. The summed E-state index contributed by atoms with van der Waals surface area (Å²) in [5.74, 6) is 0.527. The standard InChI is InChI=1S/C18H25N5O2/c1-21(2)11-12-22-9-8-17(20-22)19-18(25)23-10-7-14-5-3-4-6-15(14)16(23)13-24/h3-6,8-9,16,24H,7,10-13H2,1-2H3,(H,19,20,25). The normalized spacial score (nSPS) is 16.8. The van der Waals surface area contributed by atoms with Gasteiger partial charge in [0.1, 0.15) is 0 Å². The molecular formula is C18H25N5O2. The van der Waals surface area contributed by atoms with Crippen molar-refractivity contribution in [2.45, 2.75) is 19.0 Å². The van der Waals surface area contributed by atoms with Crippen LogP contribution in [0.3, 0.4) is 0 Å². The van der Waals surface area contributed by atoms with Gasteiger partial charge in [0.2, 0.25) is 0 Å². The zero-order valence-corrected chi connectivity index (χ0v) is 14.7. The van der Waals surface area contributed by atoms with Gasteiger partial charge in [-0.05, 0) is 31.6 Å². The van der Waals surface area contributed by atoms with Gasteiger partial charge >= 0.3 is 6.03 Å². The number of anilines is 1. The van der Waals surface area contributed by atoms with E-state index >= 15 is 0 Å². The van der Waals surface area contributed by atoms with Crippen LogP contribution < -0.4 is 5.32 Å². The minimum Gasteiger partial charge on any atom is -0.394 e. The van der Waals surface area contributed by atoms with E-state index in [1.54, 1.807) is 11.0 Å². The topological polar surface area (TPSA) is 73.6 Å². The zero-order valence-electron chi connectivity index (χ0n) is 14.7. The van der Waals surface area contributed by atoms with Crippen LogP contribution in [0.15, 0.2) is 36.5 Å². The molecule has 1 aliphatic rings. The van der Waals surface area contributed by atoms with E-state index in [1.165, 1.54) is 5.56 Å². The summed E-state index contributed by atoms with van der Waals surface area (Å²) in [5.41, 5.74) is 2.21. The molecule has 7 nitrogen and oxygen atoms in total. The smallest absolute Gasteiger partial charge is 0.323 e. The van der Waals surface area contributed by atoms with Gasteiger partial charge in [-0.2, -0.15) is 5.10 Å². The maximum atomic E-state index is 12.7. The van der Waals surface area contributed by atoms with Gasteiger partial charge in [-0.1, -0.05) is 24.3 Å². The molecule has 0 bridgehead atoms. The van der Waals surface area contributed by atoms with Crippen LogP contribution in [0.4, 0.5) is 10.6 Å². The predicted octanol–water partition coefficient (Wildman–Crippen LogP) is 1.57. The van der Waals surface area contributed by atoms with Crippen molar-refractivity contribution in [2.24, 2.45) is 0 Å². The number of aromatic nitrogens is 2. The number of rotatable bonds is 5. The fourth-order valence-corrected chi connectivity index (χ4v) is 3.13. The number of hydrogen-bond acceptors (Lipinski definition) is 4. The molecule has 2 N–H and O–H groups in total. The second kappa shape index (κ2) is 7.67. The van der Waals surface area contributed by atoms with Crippen molar-refractivity contribution >= 4 is 11.8 Å². The van der Waals surface area contributed by atoms with Crippen molar-refractivity contribution in [1.29, 1.82) is 0 Å². The summed E-state index contributed by atoms with van der Waals surface area (Å²) in [6, 6.07) is 9.20. The second-order valence-electron chi connectivity index (χ2n) is 6.54. The highest BCUT2D eigenvalue weighted by Crippen LogP contribution is 2.29. The summed E-state index contributed by atoms with van der Waals surface area (Å²) in [6.45, 7) is 2.13. The quantitative estimate of drug-likeness (QED) is 0.864. The average molecular weight is 343 g/mol. The molecule has 2 aromatic rings. The third-order valence-electron chi connectivity index (χ3n) is 4.50. The molecule has 3 rings (SSSR count).